The number of nitrogens with zero attached hydrogens (tertiary/aromatic N) is 4. The highest BCUT2D eigenvalue weighted by molar-refractivity contribution is 6.30. The van der Waals surface area contributed by atoms with E-state index < -0.39 is 0 Å². The van der Waals surface area contributed by atoms with Gasteiger partial charge in [0.2, 0.25) is 0 Å². The van der Waals surface area contributed by atoms with Crippen LogP contribution in [-0.2, 0) is 4.74 Å². The lowest BCUT2D eigenvalue weighted by Gasteiger charge is -2.23. The maximum atomic E-state index is 5.99. The van der Waals surface area contributed by atoms with E-state index in [0.717, 1.165) is 34.1 Å². The highest BCUT2D eigenvalue weighted by Crippen LogP contribution is 2.33. The molecule has 6 nitrogen and oxygen atoms in total. The quantitative estimate of drug-likeness (QED) is 0.790. The van der Waals surface area contributed by atoms with Gasteiger partial charge in [0, 0.05) is 22.9 Å². The number of halogens is 1. The predicted octanol–water partition coefficient (Wildman–Crippen LogP) is 3.34. The van der Waals surface area contributed by atoms with Crippen molar-refractivity contribution in [3.63, 3.8) is 0 Å². The van der Waals surface area contributed by atoms with Crippen LogP contribution in [0.2, 0.25) is 5.02 Å². The summed E-state index contributed by atoms with van der Waals surface area (Å²) in [6.45, 7) is 4.74. The lowest BCUT2D eigenvalue weighted by molar-refractivity contribution is 0.107. The van der Waals surface area contributed by atoms with Gasteiger partial charge >= 0.3 is 0 Å². The second-order valence-electron chi connectivity index (χ2n) is 6.03. The molecule has 1 aliphatic rings. The summed E-state index contributed by atoms with van der Waals surface area (Å²) in [5.74, 6) is 1.52. The summed E-state index contributed by atoms with van der Waals surface area (Å²) in [7, 11) is 0. The molecule has 2 atom stereocenters. The second-order valence-corrected chi connectivity index (χ2v) is 6.46. The van der Waals surface area contributed by atoms with E-state index in [4.69, 9.17) is 16.3 Å². The van der Waals surface area contributed by atoms with Crippen molar-refractivity contribution in [1.82, 2.24) is 19.6 Å². The SMILES string of the molecule is Cc1nc2ncnn2c(NC2CCOC2c2ccc(Cl)cc2)c1C. The van der Waals surface area contributed by atoms with Crippen LogP contribution >= 0.6 is 11.6 Å². The van der Waals surface area contributed by atoms with E-state index in [1.54, 1.807) is 4.52 Å². The maximum absolute atomic E-state index is 5.99. The molecule has 1 aliphatic heterocycles. The number of aryl methyl sites for hydroxylation is 1. The van der Waals surface area contributed by atoms with Crippen molar-refractivity contribution in [2.24, 2.45) is 0 Å². The zero-order valence-electron chi connectivity index (χ0n) is 13.5. The van der Waals surface area contributed by atoms with E-state index in [2.05, 4.69) is 20.4 Å². The number of nitrogens with one attached hydrogen (secondary N) is 1. The van der Waals surface area contributed by atoms with E-state index in [1.165, 1.54) is 6.33 Å². The van der Waals surface area contributed by atoms with Crippen LogP contribution in [0.15, 0.2) is 30.6 Å². The van der Waals surface area contributed by atoms with Crippen LogP contribution in [0, 0.1) is 13.8 Å². The summed E-state index contributed by atoms with van der Waals surface area (Å²) in [6, 6.07) is 7.98. The number of aromatic nitrogens is 4. The summed E-state index contributed by atoms with van der Waals surface area (Å²) < 4.78 is 7.71. The van der Waals surface area contributed by atoms with Crippen LogP contribution in [0.5, 0.6) is 0 Å². The summed E-state index contributed by atoms with van der Waals surface area (Å²) in [5.41, 5.74) is 3.13. The van der Waals surface area contributed by atoms with Gasteiger partial charge in [0.15, 0.2) is 0 Å². The molecule has 0 spiro atoms. The average Bonchev–Trinajstić information content (AvgIpc) is 3.21. The van der Waals surface area contributed by atoms with Crippen molar-refractivity contribution in [3.8, 4) is 0 Å². The molecule has 0 bridgehead atoms. The molecule has 1 N–H and O–H groups in total. The Morgan fingerprint density at radius 1 is 1.25 bits per heavy atom. The molecule has 1 aromatic carbocycles. The number of rotatable bonds is 3. The van der Waals surface area contributed by atoms with Crippen molar-refractivity contribution >= 4 is 23.2 Å². The standard InChI is InChI=1S/C17H18ClN5O/c1-10-11(2)21-17-19-9-20-23(17)16(10)22-14-7-8-24-15(14)12-3-5-13(18)6-4-12/h3-6,9,14-15,22H,7-8H2,1-2H3. The van der Waals surface area contributed by atoms with E-state index in [1.807, 2.05) is 38.1 Å². The Hall–Kier alpha value is -2.18. The molecule has 7 heteroatoms. The van der Waals surface area contributed by atoms with Gasteiger partial charge in [-0.2, -0.15) is 14.6 Å². The van der Waals surface area contributed by atoms with Crippen molar-refractivity contribution in [3.05, 3.63) is 52.4 Å². The number of anilines is 1. The van der Waals surface area contributed by atoms with Gasteiger partial charge < -0.3 is 10.1 Å². The number of fused-ring (bicyclic) bond motifs is 1. The molecular weight excluding hydrogens is 326 g/mol. The molecule has 0 amide bonds. The van der Waals surface area contributed by atoms with Crippen LogP contribution in [0.4, 0.5) is 5.82 Å². The fourth-order valence-electron chi connectivity index (χ4n) is 3.10. The first kappa shape index (κ1) is 15.4. The van der Waals surface area contributed by atoms with Crippen LogP contribution in [0.1, 0.15) is 29.3 Å². The molecule has 1 saturated heterocycles. The monoisotopic (exact) mass is 343 g/mol. The highest BCUT2D eigenvalue weighted by atomic mass is 35.5. The van der Waals surface area contributed by atoms with Gasteiger partial charge in [-0.05, 0) is 38.0 Å². The second kappa shape index (κ2) is 6.03. The zero-order chi connectivity index (χ0) is 16.7. The van der Waals surface area contributed by atoms with Crippen molar-refractivity contribution in [1.29, 1.82) is 0 Å². The number of benzene rings is 1. The van der Waals surface area contributed by atoms with Crippen LogP contribution in [-0.4, -0.2) is 32.2 Å². The molecule has 2 aromatic heterocycles. The number of ether oxygens (including phenoxy) is 1. The van der Waals surface area contributed by atoms with Gasteiger partial charge in [-0.3, -0.25) is 0 Å². The molecule has 4 rings (SSSR count). The molecule has 124 valence electrons. The van der Waals surface area contributed by atoms with Crippen LogP contribution < -0.4 is 5.32 Å². The van der Waals surface area contributed by atoms with Crippen molar-refractivity contribution < 1.29 is 4.74 Å². The Kier molecular flexibility index (Phi) is 3.86. The Morgan fingerprint density at radius 2 is 2.04 bits per heavy atom. The average molecular weight is 344 g/mol. The van der Waals surface area contributed by atoms with Gasteiger partial charge in [-0.1, -0.05) is 23.7 Å². The normalized spacial score (nSPS) is 20.6. The summed E-state index contributed by atoms with van der Waals surface area (Å²) >= 11 is 5.99. The van der Waals surface area contributed by atoms with Crippen molar-refractivity contribution in [2.45, 2.75) is 32.4 Å². The maximum Gasteiger partial charge on any atom is 0.254 e. The zero-order valence-corrected chi connectivity index (χ0v) is 14.3. The van der Waals surface area contributed by atoms with Crippen molar-refractivity contribution in [2.75, 3.05) is 11.9 Å². The lowest BCUT2D eigenvalue weighted by Crippen LogP contribution is -2.25. The van der Waals surface area contributed by atoms with E-state index >= 15 is 0 Å². The van der Waals surface area contributed by atoms with E-state index in [0.29, 0.717) is 12.4 Å². The van der Waals surface area contributed by atoms with Gasteiger partial charge in [-0.15, -0.1) is 0 Å². The molecule has 3 aromatic rings. The Balaban J connectivity index is 1.68. The lowest BCUT2D eigenvalue weighted by atomic mass is 10.0. The molecule has 0 radical (unpaired) electrons. The van der Waals surface area contributed by atoms with Gasteiger partial charge in [0.1, 0.15) is 18.2 Å². The highest BCUT2D eigenvalue weighted by Gasteiger charge is 2.31. The minimum atomic E-state index is -0.0197. The first-order valence-corrected chi connectivity index (χ1v) is 8.32. The summed E-state index contributed by atoms with van der Waals surface area (Å²) in [5, 5.41) is 8.63. The van der Waals surface area contributed by atoms with Crippen LogP contribution in [0.3, 0.4) is 0 Å². The summed E-state index contributed by atoms with van der Waals surface area (Å²) in [4.78, 5) is 8.66. The third kappa shape index (κ3) is 2.61. The van der Waals surface area contributed by atoms with Gasteiger partial charge in [0.05, 0.1) is 6.04 Å². The largest absolute Gasteiger partial charge is 0.371 e. The predicted molar refractivity (Wildman–Crippen MR) is 92.4 cm³/mol. The smallest absolute Gasteiger partial charge is 0.254 e. The first-order chi connectivity index (χ1) is 11.6. The molecular formula is C17H18ClN5O. The number of hydrogen-bond acceptors (Lipinski definition) is 5. The van der Waals surface area contributed by atoms with Gasteiger partial charge in [-0.25, -0.2) is 4.98 Å². The Labute approximate surface area is 144 Å². The van der Waals surface area contributed by atoms with E-state index in [-0.39, 0.29) is 12.1 Å². The van der Waals surface area contributed by atoms with Crippen LogP contribution in [0.25, 0.3) is 5.78 Å². The Bertz CT molecular complexity index is 877. The van der Waals surface area contributed by atoms with Gasteiger partial charge in [0.25, 0.3) is 5.78 Å². The molecule has 2 unspecified atom stereocenters. The first-order valence-electron chi connectivity index (χ1n) is 7.94. The fourth-order valence-corrected chi connectivity index (χ4v) is 3.22. The third-order valence-electron chi connectivity index (χ3n) is 4.52. The molecule has 0 saturated carbocycles. The number of hydrogen-bond donors (Lipinski definition) is 1. The minimum Gasteiger partial charge on any atom is -0.371 e. The minimum absolute atomic E-state index is 0.0197. The van der Waals surface area contributed by atoms with E-state index in [9.17, 15) is 0 Å². The summed E-state index contributed by atoms with van der Waals surface area (Å²) in [6.07, 6.45) is 2.42. The third-order valence-corrected chi connectivity index (χ3v) is 4.77. The Morgan fingerprint density at radius 3 is 2.83 bits per heavy atom. The topological polar surface area (TPSA) is 64.3 Å². The molecule has 1 fully saturated rings. The molecule has 3 heterocycles. The molecule has 24 heavy (non-hydrogen) atoms. The molecule has 0 aliphatic carbocycles. The fraction of sp³-hybridized carbons (Fsp3) is 0.353.